The fraction of sp³-hybridized carbons (Fsp3) is 0.318. The van der Waals surface area contributed by atoms with Crippen LogP contribution in [0.2, 0.25) is 0 Å². The maximum absolute atomic E-state index is 13.7. The van der Waals surface area contributed by atoms with E-state index in [-0.39, 0.29) is 9.79 Å². The number of hydrogen-bond donors (Lipinski definition) is 0. The van der Waals surface area contributed by atoms with Crippen molar-refractivity contribution in [2.45, 2.75) is 9.79 Å². The average Bonchev–Trinajstić information content (AvgIpc) is 2.82. The standard InChI is InChI=1S/C22H24N2O6S/c1-27-15-4-6-18-17(12-15)22(24-8-10-30-11-9-24)21(14-23-18)31(25,26)16-5-7-19(28-2)20(13-16)29-3/h4-7,12-14H,8-11H2,1-3H3. The minimum atomic E-state index is -3.91. The molecule has 2 aromatic carbocycles. The summed E-state index contributed by atoms with van der Waals surface area (Å²) in [5.41, 5.74) is 1.29. The fourth-order valence-corrected chi connectivity index (χ4v) is 5.14. The number of benzene rings is 2. The van der Waals surface area contributed by atoms with E-state index >= 15 is 0 Å². The van der Waals surface area contributed by atoms with Crippen molar-refractivity contribution in [3.63, 3.8) is 0 Å². The highest BCUT2D eigenvalue weighted by molar-refractivity contribution is 7.91. The van der Waals surface area contributed by atoms with E-state index in [1.807, 2.05) is 17.0 Å². The van der Waals surface area contributed by atoms with Gasteiger partial charge in [0.05, 0.1) is 50.6 Å². The molecule has 4 rings (SSSR count). The number of fused-ring (bicyclic) bond motifs is 1. The van der Waals surface area contributed by atoms with Gasteiger partial charge in [-0.05, 0) is 30.3 Å². The van der Waals surface area contributed by atoms with Crippen molar-refractivity contribution in [3.05, 3.63) is 42.6 Å². The molecule has 8 nitrogen and oxygen atoms in total. The van der Waals surface area contributed by atoms with Crippen LogP contribution in [0.25, 0.3) is 10.9 Å². The van der Waals surface area contributed by atoms with Gasteiger partial charge in [-0.15, -0.1) is 0 Å². The summed E-state index contributed by atoms with van der Waals surface area (Å²) in [6.07, 6.45) is 1.42. The topological polar surface area (TPSA) is 87.2 Å². The summed E-state index contributed by atoms with van der Waals surface area (Å²) >= 11 is 0. The quantitative estimate of drug-likeness (QED) is 0.574. The summed E-state index contributed by atoms with van der Waals surface area (Å²) < 4.78 is 48.9. The van der Waals surface area contributed by atoms with Gasteiger partial charge in [0.1, 0.15) is 10.6 Å². The third kappa shape index (κ3) is 3.86. The van der Waals surface area contributed by atoms with Crippen LogP contribution in [0, 0.1) is 0 Å². The van der Waals surface area contributed by atoms with Gasteiger partial charge in [-0.1, -0.05) is 0 Å². The second-order valence-electron chi connectivity index (χ2n) is 6.97. The van der Waals surface area contributed by atoms with Gasteiger partial charge in [-0.25, -0.2) is 8.42 Å². The molecule has 31 heavy (non-hydrogen) atoms. The van der Waals surface area contributed by atoms with Crippen molar-refractivity contribution in [1.29, 1.82) is 0 Å². The Hall–Kier alpha value is -3.04. The number of anilines is 1. The van der Waals surface area contributed by atoms with Gasteiger partial charge in [0.15, 0.2) is 11.5 Å². The zero-order chi connectivity index (χ0) is 22.0. The first-order valence-corrected chi connectivity index (χ1v) is 11.2. The van der Waals surface area contributed by atoms with Crippen LogP contribution >= 0.6 is 0 Å². The van der Waals surface area contributed by atoms with Crippen molar-refractivity contribution >= 4 is 26.4 Å². The number of morpholine rings is 1. The van der Waals surface area contributed by atoms with E-state index < -0.39 is 9.84 Å². The van der Waals surface area contributed by atoms with Crippen LogP contribution in [0.4, 0.5) is 5.69 Å². The first-order chi connectivity index (χ1) is 15.0. The lowest BCUT2D eigenvalue weighted by atomic mass is 10.1. The molecule has 0 N–H and O–H groups in total. The summed E-state index contributed by atoms with van der Waals surface area (Å²) in [5.74, 6) is 1.42. The van der Waals surface area contributed by atoms with E-state index in [9.17, 15) is 8.42 Å². The maximum Gasteiger partial charge on any atom is 0.210 e. The molecular formula is C22H24N2O6S. The largest absolute Gasteiger partial charge is 0.497 e. The highest BCUT2D eigenvalue weighted by Crippen LogP contribution is 2.39. The van der Waals surface area contributed by atoms with Crippen LogP contribution in [-0.4, -0.2) is 61.0 Å². The molecule has 1 aromatic heterocycles. The van der Waals surface area contributed by atoms with Crippen LogP contribution < -0.4 is 19.1 Å². The van der Waals surface area contributed by atoms with Crippen molar-refractivity contribution in [2.24, 2.45) is 0 Å². The molecular weight excluding hydrogens is 420 g/mol. The molecule has 1 aliphatic rings. The van der Waals surface area contributed by atoms with Gasteiger partial charge in [0, 0.05) is 30.7 Å². The third-order valence-corrected chi connectivity index (χ3v) is 7.05. The smallest absolute Gasteiger partial charge is 0.210 e. The SMILES string of the molecule is COc1ccc2ncc(S(=O)(=O)c3ccc(OC)c(OC)c3)c(N3CCOCC3)c2c1. The molecule has 0 bridgehead atoms. The molecule has 1 aliphatic heterocycles. The molecule has 3 aromatic rings. The van der Waals surface area contributed by atoms with Crippen molar-refractivity contribution in [2.75, 3.05) is 52.5 Å². The van der Waals surface area contributed by atoms with Gasteiger partial charge in [-0.3, -0.25) is 4.98 Å². The number of sulfone groups is 1. The number of ether oxygens (including phenoxy) is 4. The Balaban J connectivity index is 1.95. The van der Waals surface area contributed by atoms with Gasteiger partial charge in [-0.2, -0.15) is 0 Å². The van der Waals surface area contributed by atoms with Gasteiger partial charge >= 0.3 is 0 Å². The molecule has 0 unspecified atom stereocenters. The molecule has 0 saturated carbocycles. The van der Waals surface area contributed by atoms with Gasteiger partial charge < -0.3 is 23.8 Å². The van der Waals surface area contributed by atoms with Crippen molar-refractivity contribution in [3.8, 4) is 17.2 Å². The Labute approximate surface area is 181 Å². The van der Waals surface area contributed by atoms with E-state index in [0.717, 1.165) is 0 Å². The highest BCUT2D eigenvalue weighted by atomic mass is 32.2. The molecule has 9 heteroatoms. The number of hydrogen-bond acceptors (Lipinski definition) is 8. The van der Waals surface area contributed by atoms with Crippen LogP contribution in [0.1, 0.15) is 0 Å². The first-order valence-electron chi connectivity index (χ1n) is 9.76. The molecule has 164 valence electrons. The molecule has 0 amide bonds. The van der Waals surface area contributed by atoms with E-state index in [4.69, 9.17) is 18.9 Å². The van der Waals surface area contributed by atoms with Gasteiger partial charge in [0.2, 0.25) is 9.84 Å². The molecule has 0 radical (unpaired) electrons. The minimum absolute atomic E-state index is 0.101. The van der Waals surface area contributed by atoms with Crippen LogP contribution in [0.5, 0.6) is 17.2 Å². The number of nitrogens with zero attached hydrogens (tertiary/aromatic N) is 2. The lowest BCUT2D eigenvalue weighted by Crippen LogP contribution is -2.37. The second kappa shape index (κ2) is 8.60. The zero-order valence-electron chi connectivity index (χ0n) is 17.6. The Morgan fingerprint density at radius 1 is 0.935 bits per heavy atom. The Bertz CT molecular complexity index is 1210. The predicted molar refractivity (Wildman–Crippen MR) is 116 cm³/mol. The number of methoxy groups -OCH3 is 3. The van der Waals surface area contributed by atoms with E-state index in [2.05, 4.69) is 4.98 Å². The molecule has 0 aliphatic carbocycles. The number of pyridine rings is 1. The average molecular weight is 445 g/mol. The molecule has 0 spiro atoms. The summed E-state index contributed by atoms with van der Waals surface area (Å²) in [6, 6.07) is 10.0. The minimum Gasteiger partial charge on any atom is -0.497 e. The molecule has 1 fully saturated rings. The predicted octanol–water partition coefficient (Wildman–Crippen LogP) is 2.93. The number of rotatable bonds is 6. The Morgan fingerprint density at radius 3 is 2.35 bits per heavy atom. The highest BCUT2D eigenvalue weighted by Gasteiger charge is 2.29. The molecule has 0 atom stereocenters. The summed E-state index contributed by atoms with van der Waals surface area (Å²) in [5, 5.41) is 0.711. The van der Waals surface area contributed by atoms with Gasteiger partial charge in [0.25, 0.3) is 0 Å². The number of aromatic nitrogens is 1. The van der Waals surface area contributed by atoms with Crippen LogP contribution in [0.3, 0.4) is 0 Å². The maximum atomic E-state index is 13.7. The van der Waals surface area contributed by atoms with E-state index in [1.165, 1.54) is 32.5 Å². The third-order valence-electron chi connectivity index (χ3n) is 5.30. The molecule has 2 heterocycles. The van der Waals surface area contributed by atoms with Crippen molar-refractivity contribution in [1.82, 2.24) is 4.98 Å². The van der Waals surface area contributed by atoms with Crippen LogP contribution in [-0.2, 0) is 14.6 Å². The monoisotopic (exact) mass is 444 g/mol. The van der Waals surface area contributed by atoms with E-state index in [0.29, 0.717) is 60.1 Å². The van der Waals surface area contributed by atoms with Crippen molar-refractivity contribution < 1.29 is 27.4 Å². The fourth-order valence-electron chi connectivity index (χ4n) is 3.69. The second-order valence-corrected chi connectivity index (χ2v) is 8.89. The molecule has 1 saturated heterocycles. The van der Waals surface area contributed by atoms with Crippen LogP contribution in [0.15, 0.2) is 52.4 Å². The normalized spacial score (nSPS) is 14.5. The lowest BCUT2D eigenvalue weighted by Gasteiger charge is -2.31. The Kier molecular flexibility index (Phi) is 5.88. The van der Waals surface area contributed by atoms with E-state index in [1.54, 1.807) is 19.2 Å². The zero-order valence-corrected chi connectivity index (χ0v) is 18.4. The lowest BCUT2D eigenvalue weighted by molar-refractivity contribution is 0.122. The summed E-state index contributed by atoms with van der Waals surface area (Å²) in [4.78, 5) is 6.69. The summed E-state index contributed by atoms with van der Waals surface area (Å²) in [6.45, 7) is 2.18. The Morgan fingerprint density at radius 2 is 1.68 bits per heavy atom. The first kappa shape index (κ1) is 21.2. The summed E-state index contributed by atoms with van der Waals surface area (Å²) in [7, 11) is 0.640.